The molecule has 2 N–H and O–H groups in total. The molecular formula is C30H42N2O9S. The Morgan fingerprint density at radius 3 is 2.40 bits per heavy atom. The normalized spacial score (nSPS) is 16.4. The molecule has 12 heteroatoms. The minimum atomic E-state index is -1.67. The highest BCUT2D eigenvalue weighted by atomic mass is 32.2. The van der Waals surface area contributed by atoms with Crippen LogP contribution in [0.4, 0.5) is 4.79 Å². The van der Waals surface area contributed by atoms with Gasteiger partial charge in [0, 0.05) is 6.42 Å². The van der Waals surface area contributed by atoms with Crippen LogP contribution in [-0.2, 0) is 41.5 Å². The highest BCUT2D eigenvalue weighted by Gasteiger charge is 2.35. The molecule has 11 nitrogen and oxygen atoms in total. The topological polar surface area (TPSA) is 139 Å². The van der Waals surface area contributed by atoms with E-state index >= 15 is 0 Å². The molecule has 0 aliphatic carbocycles. The number of hydrogen-bond donors (Lipinski definition) is 2. The number of methoxy groups -OCH3 is 2. The summed E-state index contributed by atoms with van der Waals surface area (Å²) in [6, 6.07) is 15.5. The van der Waals surface area contributed by atoms with E-state index in [1.54, 1.807) is 35.7 Å². The molecule has 0 bridgehead atoms. The molecule has 3 rings (SSSR count). The molecule has 0 saturated carbocycles. The first-order valence-corrected chi connectivity index (χ1v) is 14.9. The second-order valence-electron chi connectivity index (χ2n) is 10.9. The number of ether oxygens (including phenoxy) is 5. The largest absolute Gasteiger partial charge is 0.593 e. The monoisotopic (exact) mass is 606 g/mol. The molecule has 3 atom stereocenters. The van der Waals surface area contributed by atoms with Crippen LogP contribution >= 0.6 is 0 Å². The Balaban J connectivity index is 1.81. The van der Waals surface area contributed by atoms with Crippen LogP contribution in [0.2, 0.25) is 0 Å². The van der Waals surface area contributed by atoms with E-state index < -0.39 is 41.1 Å². The SMILES string of the molecule is COC(=O)CCC(C)(C)CN(C[C@@H](O)[C@H](Cc1ccccc1)NC(=O)OC1COCOC1)[S+]([O-])c1ccc(OC)cc1. The molecule has 0 radical (unpaired) electrons. The summed E-state index contributed by atoms with van der Waals surface area (Å²) in [5.41, 5.74) is 0.436. The number of esters is 1. The number of aliphatic hydroxyl groups is 1. The number of carbonyl (C=O) groups excluding carboxylic acids is 2. The van der Waals surface area contributed by atoms with Crippen molar-refractivity contribution in [2.45, 2.75) is 56.3 Å². The van der Waals surface area contributed by atoms with E-state index in [4.69, 9.17) is 23.7 Å². The molecule has 2 aromatic carbocycles. The smallest absolute Gasteiger partial charge is 0.407 e. The lowest BCUT2D eigenvalue weighted by Crippen LogP contribution is -2.52. The highest BCUT2D eigenvalue weighted by molar-refractivity contribution is 7.89. The van der Waals surface area contributed by atoms with E-state index in [-0.39, 0.29) is 38.9 Å². The van der Waals surface area contributed by atoms with Crippen molar-refractivity contribution in [1.82, 2.24) is 9.62 Å². The van der Waals surface area contributed by atoms with Crippen molar-refractivity contribution in [3.63, 3.8) is 0 Å². The summed E-state index contributed by atoms with van der Waals surface area (Å²) in [5.74, 6) is 0.297. The molecule has 1 saturated heterocycles. The molecule has 1 unspecified atom stereocenters. The second kappa shape index (κ2) is 16.7. The van der Waals surface area contributed by atoms with E-state index in [1.807, 2.05) is 44.2 Å². The minimum absolute atomic E-state index is 0.0340. The van der Waals surface area contributed by atoms with E-state index in [9.17, 15) is 19.2 Å². The molecule has 0 aromatic heterocycles. The molecule has 0 spiro atoms. The Bertz CT molecular complexity index is 1100. The van der Waals surface area contributed by atoms with Crippen LogP contribution in [0.5, 0.6) is 5.75 Å². The quantitative estimate of drug-likeness (QED) is 0.230. The fraction of sp³-hybridized carbons (Fsp3) is 0.533. The summed E-state index contributed by atoms with van der Waals surface area (Å²) >= 11 is -1.67. The highest BCUT2D eigenvalue weighted by Crippen LogP contribution is 2.29. The molecule has 1 aliphatic rings. The van der Waals surface area contributed by atoms with Crippen molar-refractivity contribution in [1.29, 1.82) is 0 Å². The molecule has 42 heavy (non-hydrogen) atoms. The Kier molecular flexibility index (Phi) is 13.4. The van der Waals surface area contributed by atoms with Gasteiger partial charge in [-0.1, -0.05) is 44.2 Å². The maximum atomic E-state index is 13.9. The number of carbonyl (C=O) groups is 2. The average Bonchev–Trinajstić information content (AvgIpc) is 2.99. The molecule has 1 fully saturated rings. The number of amides is 1. The van der Waals surface area contributed by atoms with Crippen LogP contribution in [0.3, 0.4) is 0 Å². The zero-order chi connectivity index (χ0) is 30.5. The predicted molar refractivity (Wildman–Crippen MR) is 156 cm³/mol. The van der Waals surface area contributed by atoms with E-state index in [0.29, 0.717) is 30.0 Å². The fourth-order valence-electron chi connectivity index (χ4n) is 4.49. The third-order valence-corrected chi connectivity index (χ3v) is 8.26. The van der Waals surface area contributed by atoms with Gasteiger partial charge in [0.25, 0.3) is 0 Å². The first kappa shape index (κ1) is 33.6. The second-order valence-corrected chi connectivity index (χ2v) is 12.4. The van der Waals surface area contributed by atoms with Gasteiger partial charge in [-0.25, -0.2) is 4.79 Å². The number of aliphatic hydroxyl groups excluding tert-OH is 1. The predicted octanol–water partition coefficient (Wildman–Crippen LogP) is 3.07. The zero-order valence-electron chi connectivity index (χ0n) is 24.7. The molecule has 1 amide bonds. The van der Waals surface area contributed by atoms with Gasteiger partial charge in [-0.2, -0.15) is 0 Å². The van der Waals surface area contributed by atoms with E-state index in [2.05, 4.69) is 5.32 Å². The van der Waals surface area contributed by atoms with E-state index in [0.717, 1.165) is 5.56 Å². The maximum absolute atomic E-state index is 13.9. The van der Waals surface area contributed by atoms with E-state index in [1.165, 1.54) is 7.11 Å². The van der Waals surface area contributed by atoms with Gasteiger partial charge in [0.1, 0.15) is 12.5 Å². The first-order chi connectivity index (χ1) is 20.1. The third-order valence-electron chi connectivity index (χ3n) is 6.84. The number of nitrogens with one attached hydrogen (secondary N) is 1. The van der Waals surface area contributed by atoms with Gasteiger partial charge in [-0.05, 0) is 48.1 Å². The standard InChI is InChI=1S/C30H42N2O9S/c1-30(2,15-14-28(34)38-4)20-32(42(36)25-12-10-23(37-3)11-13-25)17-27(33)26(16-22-8-6-5-7-9-22)31-29(35)41-24-18-39-21-40-19-24/h5-13,24,26-27,33H,14-21H2,1-4H3,(H,31,35)/t26-,27+,42?/m0/s1. The van der Waals surface area contributed by atoms with Crippen LogP contribution in [0.15, 0.2) is 59.5 Å². The lowest BCUT2D eigenvalue weighted by molar-refractivity contribution is -0.151. The summed E-state index contributed by atoms with van der Waals surface area (Å²) in [4.78, 5) is 25.2. The summed E-state index contributed by atoms with van der Waals surface area (Å²) in [6.07, 6.45) is -1.42. The summed E-state index contributed by atoms with van der Waals surface area (Å²) in [7, 11) is 2.90. The zero-order valence-corrected chi connectivity index (χ0v) is 25.5. The van der Waals surface area contributed by atoms with Gasteiger partial charge in [0.15, 0.2) is 11.0 Å². The average molecular weight is 607 g/mol. The summed E-state index contributed by atoms with van der Waals surface area (Å²) < 4.78 is 41.4. The Hall–Kier alpha value is -2.87. The number of benzene rings is 2. The Labute approximate surface area is 250 Å². The van der Waals surface area contributed by atoms with Crippen molar-refractivity contribution >= 4 is 23.4 Å². The maximum Gasteiger partial charge on any atom is 0.407 e. The fourth-order valence-corrected chi connectivity index (χ4v) is 5.91. The van der Waals surface area contributed by atoms with Gasteiger partial charge < -0.3 is 38.7 Å². The van der Waals surface area contributed by atoms with Crippen LogP contribution in [-0.4, -0.2) is 91.6 Å². The molecule has 1 heterocycles. The molecular weight excluding hydrogens is 564 g/mol. The van der Waals surface area contributed by atoms with Gasteiger partial charge in [-0.15, -0.1) is 4.31 Å². The molecule has 1 aliphatic heterocycles. The number of rotatable bonds is 15. The van der Waals surface area contributed by atoms with Gasteiger partial charge in [0.05, 0.1) is 64.0 Å². The Morgan fingerprint density at radius 2 is 1.79 bits per heavy atom. The van der Waals surface area contributed by atoms with Gasteiger partial charge >= 0.3 is 12.1 Å². The lowest BCUT2D eigenvalue weighted by Gasteiger charge is -2.35. The lowest BCUT2D eigenvalue weighted by atomic mass is 9.87. The van der Waals surface area contributed by atoms with Crippen molar-refractivity contribution in [2.24, 2.45) is 5.41 Å². The first-order valence-electron chi connectivity index (χ1n) is 13.8. The van der Waals surface area contributed by atoms with Gasteiger partial charge in [0.2, 0.25) is 0 Å². The molecule has 2 aromatic rings. The summed E-state index contributed by atoms with van der Waals surface area (Å²) in [6.45, 7) is 4.77. The van der Waals surface area contributed by atoms with Crippen molar-refractivity contribution in [3.8, 4) is 5.75 Å². The van der Waals surface area contributed by atoms with Crippen LogP contribution < -0.4 is 10.1 Å². The summed E-state index contributed by atoms with van der Waals surface area (Å²) in [5, 5.41) is 14.3. The number of alkyl carbamates (subject to hydrolysis) is 1. The van der Waals surface area contributed by atoms with Crippen molar-refractivity contribution in [3.05, 3.63) is 60.2 Å². The van der Waals surface area contributed by atoms with Gasteiger partial charge in [-0.3, -0.25) is 4.79 Å². The van der Waals surface area contributed by atoms with Crippen molar-refractivity contribution in [2.75, 3.05) is 47.3 Å². The Morgan fingerprint density at radius 1 is 1.12 bits per heavy atom. The molecule has 232 valence electrons. The third kappa shape index (κ3) is 11.1. The van der Waals surface area contributed by atoms with Crippen LogP contribution in [0.1, 0.15) is 32.3 Å². The van der Waals surface area contributed by atoms with Crippen LogP contribution in [0.25, 0.3) is 0 Å². The van der Waals surface area contributed by atoms with Crippen molar-refractivity contribution < 1.29 is 42.9 Å². The number of nitrogens with zero attached hydrogens (tertiary/aromatic N) is 1. The number of hydrogen-bond acceptors (Lipinski definition) is 10. The minimum Gasteiger partial charge on any atom is -0.593 e. The van der Waals surface area contributed by atoms with Crippen LogP contribution in [0, 0.1) is 5.41 Å².